The lowest BCUT2D eigenvalue weighted by atomic mass is 9.32. The van der Waals surface area contributed by atoms with E-state index in [1.165, 1.54) is 60.8 Å². The molecule has 176 valence electrons. The van der Waals surface area contributed by atoms with Gasteiger partial charge in [-0.2, -0.15) is 0 Å². The molecule has 4 aliphatic rings. The van der Waals surface area contributed by atoms with Crippen molar-refractivity contribution in [2.45, 2.75) is 61.7 Å². The minimum atomic E-state index is 0.122. The van der Waals surface area contributed by atoms with Crippen LogP contribution in [-0.2, 0) is 16.2 Å². The van der Waals surface area contributed by atoms with Crippen molar-refractivity contribution < 1.29 is 0 Å². The molecule has 0 nitrogen and oxygen atoms in total. The van der Waals surface area contributed by atoms with E-state index in [0.29, 0.717) is 0 Å². The van der Waals surface area contributed by atoms with Crippen LogP contribution in [0, 0.1) is 5.41 Å². The summed E-state index contributed by atoms with van der Waals surface area (Å²) in [7, 11) is 0. The summed E-state index contributed by atoms with van der Waals surface area (Å²) in [6, 6.07) is 34.4. The Balaban J connectivity index is 1.66. The van der Waals surface area contributed by atoms with E-state index in [-0.39, 0.29) is 21.7 Å². The minimum Gasteiger partial charge on any atom is -0.0991 e. The van der Waals surface area contributed by atoms with Crippen LogP contribution >= 0.6 is 0 Å². The first-order valence-corrected chi connectivity index (χ1v) is 13.2. The maximum absolute atomic E-state index is 4.13. The Labute approximate surface area is 211 Å². The third-order valence-corrected chi connectivity index (χ3v) is 9.48. The molecule has 7 rings (SSSR count). The van der Waals surface area contributed by atoms with Gasteiger partial charge in [0, 0.05) is 0 Å². The van der Waals surface area contributed by atoms with Crippen molar-refractivity contribution in [3.8, 4) is 0 Å². The Bertz CT molecular complexity index is 1120. The Morgan fingerprint density at radius 1 is 0.600 bits per heavy atom. The van der Waals surface area contributed by atoms with Crippen molar-refractivity contribution in [3.63, 3.8) is 0 Å². The molecule has 0 radical (unpaired) electrons. The number of hydrogen-bond donors (Lipinski definition) is 0. The van der Waals surface area contributed by atoms with Gasteiger partial charge in [0.25, 0.3) is 0 Å². The third-order valence-electron chi connectivity index (χ3n) is 9.48. The summed E-state index contributed by atoms with van der Waals surface area (Å²) >= 11 is 0. The molecule has 0 atom stereocenters. The highest BCUT2D eigenvalue weighted by atomic mass is 14.7. The highest BCUT2D eigenvalue weighted by Gasteiger charge is 2.69. The molecular formula is C35H36. The quantitative estimate of drug-likeness (QED) is 0.325. The molecule has 0 amide bonds. The van der Waals surface area contributed by atoms with Crippen molar-refractivity contribution in [1.82, 2.24) is 0 Å². The highest BCUT2D eigenvalue weighted by molar-refractivity contribution is 5.49. The molecule has 0 N–H and O–H groups in total. The predicted octanol–water partition coefficient (Wildman–Crippen LogP) is 8.86. The van der Waals surface area contributed by atoms with E-state index >= 15 is 0 Å². The van der Waals surface area contributed by atoms with Gasteiger partial charge in [-0.3, -0.25) is 0 Å². The monoisotopic (exact) mass is 456 g/mol. The highest BCUT2D eigenvalue weighted by Crippen LogP contribution is 2.76. The van der Waals surface area contributed by atoms with Crippen molar-refractivity contribution >= 4 is 0 Å². The van der Waals surface area contributed by atoms with Gasteiger partial charge in [0.05, 0.1) is 0 Å². The summed E-state index contributed by atoms with van der Waals surface area (Å²) in [5, 5.41) is 0. The summed E-state index contributed by atoms with van der Waals surface area (Å²) in [6.07, 6.45) is 16.3. The van der Waals surface area contributed by atoms with E-state index in [1.54, 1.807) is 0 Å². The number of benzene rings is 3. The Kier molecular flexibility index (Phi) is 5.26. The molecule has 3 aromatic carbocycles. The van der Waals surface area contributed by atoms with Crippen molar-refractivity contribution in [2.24, 2.45) is 5.41 Å². The lowest BCUT2D eigenvalue weighted by Crippen LogP contribution is -2.66. The first-order valence-electron chi connectivity index (χ1n) is 13.2. The molecule has 0 heteroatoms. The summed E-state index contributed by atoms with van der Waals surface area (Å²) in [6.45, 7) is 6.28. The molecule has 0 saturated heterocycles. The normalized spacial score (nSPS) is 33.8. The summed E-state index contributed by atoms with van der Waals surface area (Å²) in [4.78, 5) is 0. The molecule has 3 aromatic rings. The first kappa shape index (κ1) is 22.4. The molecule has 0 aromatic heterocycles. The lowest BCUT2D eigenvalue weighted by Gasteiger charge is -2.71. The van der Waals surface area contributed by atoms with E-state index in [0.717, 1.165) is 0 Å². The zero-order chi connectivity index (χ0) is 24.0. The molecule has 35 heavy (non-hydrogen) atoms. The van der Waals surface area contributed by atoms with Gasteiger partial charge >= 0.3 is 0 Å². The van der Waals surface area contributed by atoms with Crippen molar-refractivity contribution in [3.05, 3.63) is 144 Å². The van der Waals surface area contributed by atoms with Gasteiger partial charge in [0.15, 0.2) is 0 Å². The van der Waals surface area contributed by atoms with Crippen LogP contribution < -0.4 is 0 Å². The number of allylic oxidation sites excluding steroid dienone is 5. The third kappa shape index (κ3) is 3.41. The molecule has 4 saturated carbocycles. The predicted molar refractivity (Wildman–Crippen MR) is 148 cm³/mol. The first-order chi connectivity index (χ1) is 17.1. The van der Waals surface area contributed by atoms with Gasteiger partial charge in [-0.25, -0.2) is 0 Å². The second-order valence-electron chi connectivity index (χ2n) is 11.6. The Morgan fingerprint density at radius 2 is 0.971 bits per heavy atom. The molecule has 4 aliphatic carbocycles. The smallest absolute Gasteiger partial charge is 0.00215 e. The van der Waals surface area contributed by atoms with Gasteiger partial charge in [0.2, 0.25) is 0 Å². The van der Waals surface area contributed by atoms with Gasteiger partial charge in [-0.1, -0.05) is 122 Å². The molecule has 0 aliphatic heterocycles. The van der Waals surface area contributed by atoms with Crippen LogP contribution in [0.1, 0.15) is 62.1 Å². The van der Waals surface area contributed by atoms with Gasteiger partial charge < -0.3 is 0 Å². The van der Waals surface area contributed by atoms with Gasteiger partial charge in [0.1, 0.15) is 0 Å². The molecule has 4 bridgehead atoms. The zero-order valence-electron chi connectivity index (χ0n) is 20.9. The van der Waals surface area contributed by atoms with Crippen molar-refractivity contribution in [1.29, 1.82) is 0 Å². The number of rotatable bonds is 6. The Hall–Kier alpha value is -3.12. The van der Waals surface area contributed by atoms with Crippen LogP contribution in [0.5, 0.6) is 0 Å². The van der Waals surface area contributed by atoms with Crippen LogP contribution in [0.4, 0.5) is 0 Å². The van der Waals surface area contributed by atoms with Crippen LogP contribution in [0.15, 0.2) is 127 Å². The zero-order valence-corrected chi connectivity index (χ0v) is 20.9. The van der Waals surface area contributed by atoms with E-state index in [2.05, 4.69) is 123 Å². The molecule has 4 fully saturated rings. The summed E-state index contributed by atoms with van der Waals surface area (Å²) < 4.78 is 0. The summed E-state index contributed by atoms with van der Waals surface area (Å²) in [5.41, 5.74) is 6.65. The van der Waals surface area contributed by atoms with E-state index in [1.807, 2.05) is 6.08 Å². The van der Waals surface area contributed by atoms with E-state index < -0.39 is 0 Å². The van der Waals surface area contributed by atoms with E-state index in [4.69, 9.17) is 0 Å². The molecule has 0 spiro atoms. The van der Waals surface area contributed by atoms with E-state index in [9.17, 15) is 0 Å². The summed E-state index contributed by atoms with van der Waals surface area (Å²) in [5.74, 6) is 0. The second-order valence-corrected chi connectivity index (χ2v) is 11.6. The van der Waals surface area contributed by atoms with Crippen LogP contribution in [0.2, 0.25) is 0 Å². The standard InChI is InChI=1S/C35H36/c1-3-14-28(15-4-2)32-22-33(29-16-8-5-9-17-29)25-34(23-32,30-18-10-6-11-19-30)27-35(24-32,26-33)31-20-12-7-13-21-31/h3-21H,1,22-27H2,2H3. The number of hydrogen-bond acceptors (Lipinski definition) is 0. The van der Waals surface area contributed by atoms with Gasteiger partial charge in [-0.15, -0.1) is 0 Å². The maximum Gasteiger partial charge on any atom is -0.00215 e. The molecular weight excluding hydrogens is 420 g/mol. The largest absolute Gasteiger partial charge is 0.0991 e. The average molecular weight is 457 g/mol. The second kappa shape index (κ2) is 8.23. The Morgan fingerprint density at radius 3 is 1.29 bits per heavy atom. The maximum atomic E-state index is 4.13. The van der Waals surface area contributed by atoms with Gasteiger partial charge in [-0.05, 0) is 89.4 Å². The lowest BCUT2D eigenvalue weighted by molar-refractivity contribution is -0.0885. The average Bonchev–Trinajstić information content (AvgIpc) is 2.89. The molecule has 0 unspecified atom stereocenters. The SMILES string of the molecule is C=CC=C(C=CC)C12CC3(c4ccccc4)CC(c4ccccc4)(C1)CC(c1ccccc1)(C2)C3. The van der Waals surface area contributed by atoms with Crippen LogP contribution in [-0.4, -0.2) is 0 Å². The molecule has 0 heterocycles. The van der Waals surface area contributed by atoms with Crippen molar-refractivity contribution in [2.75, 3.05) is 0 Å². The van der Waals surface area contributed by atoms with Crippen LogP contribution in [0.25, 0.3) is 0 Å². The fraction of sp³-hybridized carbons (Fsp3) is 0.314. The minimum absolute atomic E-state index is 0.122. The fourth-order valence-corrected chi connectivity index (χ4v) is 8.95. The topological polar surface area (TPSA) is 0 Å². The fourth-order valence-electron chi connectivity index (χ4n) is 8.95. The van der Waals surface area contributed by atoms with Crippen LogP contribution in [0.3, 0.4) is 0 Å².